The van der Waals surface area contributed by atoms with Crippen LogP contribution in [-0.2, 0) is 21.2 Å². The highest BCUT2D eigenvalue weighted by Gasteiger charge is 2.26. The maximum absolute atomic E-state index is 11.9. The molecular formula is C13H22N4O4S. The number of aromatic nitrogens is 2. The lowest BCUT2D eigenvalue weighted by Crippen LogP contribution is -2.43. The Balaban J connectivity index is 1.85. The second-order valence-electron chi connectivity index (χ2n) is 5.79. The zero-order valence-electron chi connectivity index (χ0n) is 12.8. The van der Waals surface area contributed by atoms with Gasteiger partial charge in [-0.25, -0.2) is 12.7 Å². The van der Waals surface area contributed by atoms with Crippen LogP contribution in [0, 0.1) is 12.8 Å². The molecule has 1 aromatic rings. The number of carbonyl (C=O) groups excluding carboxylic acids is 1. The molecule has 0 bridgehead atoms. The Morgan fingerprint density at radius 1 is 1.41 bits per heavy atom. The van der Waals surface area contributed by atoms with E-state index < -0.39 is 10.0 Å². The van der Waals surface area contributed by atoms with E-state index in [2.05, 4.69) is 15.5 Å². The van der Waals surface area contributed by atoms with Crippen molar-refractivity contribution in [3.8, 4) is 0 Å². The fourth-order valence-electron chi connectivity index (χ4n) is 2.66. The average Bonchev–Trinajstić information content (AvgIpc) is 2.76. The summed E-state index contributed by atoms with van der Waals surface area (Å²) in [4.78, 5) is 23.4. The minimum absolute atomic E-state index is 0.0210. The molecule has 0 aliphatic carbocycles. The van der Waals surface area contributed by atoms with Crippen LogP contribution in [0.1, 0.15) is 24.1 Å². The molecule has 1 aliphatic rings. The number of hydrogen-bond donors (Lipinski definition) is 3. The van der Waals surface area contributed by atoms with Crippen molar-refractivity contribution in [2.45, 2.75) is 26.2 Å². The number of rotatable bonds is 5. The first-order valence-electron chi connectivity index (χ1n) is 7.25. The highest BCUT2D eigenvalue weighted by atomic mass is 32.2. The van der Waals surface area contributed by atoms with Crippen LogP contribution >= 0.6 is 0 Å². The van der Waals surface area contributed by atoms with Crippen molar-refractivity contribution >= 4 is 15.9 Å². The van der Waals surface area contributed by atoms with Crippen molar-refractivity contribution in [3.05, 3.63) is 21.6 Å². The first kappa shape index (κ1) is 16.8. The van der Waals surface area contributed by atoms with E-state index in [0.29, 0.717) is 30.9 Å². The van der Waals surface area contributed by atoms with E-state index >= 15 is 0 Å². The van der Waals surface area contributed by atoms with Gasteiger partial charge in [0, 0.05) is 30.9 Å². The Labute approximate surface area is 129 Å². The molecule has 2 heterocycles. The quantitative estimate of drug-likeness (QED) is 0.665. The number of amides is 1. The molecular weight excluding hydrogens is 308 g/mol. The monoisotopic (exact) mass is 330 g/mol. The van der Waals surface area contributed by atoms with Crippen LogP contribution in [0.5, 0.6) is 0 Å². The highest BCUT2D eigenvalue weighted by Crippen LogP contribution is 2.17. The Morgan fingerprint density at radius 2 is 2.14 bits per heavy atom. The third kappa shape index (κ3) is 4.20. The van der Waals surface area contributed by atoms with E-state index in [1.165, 1.54) is 10.6 Å². The van der Waals surface area contributed by atoms with Crippen LogP contribution in [0.4, 0.5) is 0 Å². The summed E-state index contributed by atoms with van der Waals surface area (Å²) in [6, 6.07) is 0. The number of piperidine rings is 1. The Hall–Kier alpha value is -1.61. The summed E-state index contributed by atoms with van der Waals surface area (Å²) in [5.41, 5.74) is 0.800. The minimum Gasteiger partial charge on any atom is -0.355 e. The second-order valence-corrected chi connectivity index (χ2v) is 7.78. The number of carbonyl (C=O) groups is 1. The molecule has 1 fully saturated rings. The molecule has 3 N–H and O–H groups in total. The van der Waals surface area contributed by atoms with Crippen molar-refractivity contribution < 1.29 is 13.2 Å². The Morgan fingerprint density at radius 3 is 2.73 bits per heavy atom. The molecule has 0 radical (unpaired) electrons. The molecule has 8 nitrogen and oxygen atoms in total. The molecule has 1 amide bonds. The predicted octanol–water partition coefficient (Wildman–Crippen LogP) is -0.658. The largest absolute Gasteiger partial charge is 0.355 e. The van der Waals surface area contributed by atoms with Crippen LogP contribution in [0.3, 0.4) is 0 Å². The molecule has 9 heteroatoms. The van der Waals surface area contributed by atoms with Gasteiger partial charge in [-0.05, 0) is 25.7 Å². The normalized spacial score (nSPS) is 20.0. The number of nitrogens with zero attached hydrogens (tertiary/aromatic N) is 1. The van der Waals surface area contributed by atoms with Gasteiger partial charge in [0.25, 0.3) is 5.56 Å². The van der Waals surface area contributed by atoms with E-state index in [4.69, 9.17) is 0 Å². The first-order valence-corrected chi connectivity index (χ1v) is 9.10. The standard InChI is InChI=1S/C13H22N4O4S/c1-9-11(13(19)16-15-9)6-12(18)14-7-10-4-3-5-17(8-10)22(2,20)21/h10H,3-8H2,1-2H3,(H,14,18)(H2,15,16,19)/t10-/m1/s1. The Kier molecular flexibility index (Phi) is 5.07. The fraction of sp³-hybridized carbons (Fsp3) is 0.692. The van der Waals surface area contributed by atoms with E-state index in [1.54, 1.807) is 6.92 Å². The summed E-state index contributed by atoms with van der Waals surface area (Å²) < 4.78 is 24.6. The fourth-order valence-corrected chi connectivity index (χ4v) is 3.60. The molecule has 2 rings (SSSR count). The zero-order valence-corrected chi connectivity index (χ0v) is 13.6. The molecule has 22 heavy (non-hydrogen) atoms. The van der Waals surface area contributed by atoms with Crippen LogP contribution in [-0.4, -0.2) is 54.7 Å². The number of H-pyrrole nitrogens is 2. The van der Waals surface area contributed by atoms with Gasteiger partial charge >= 0.3 is 0 Å². The molecule has 1 atom stereocenters. The van der Waals surface area contributed by atoms with Crippen LogP contribution in [0.2, 0.25) is 0 Å². The van der Waals surface area contributed by atoms with Gasteiger partial charge in [-0.3, -0.25) is 14.7 Å². The number of sulfonamides is 1. The molecule has 0 aromatic carbocycles. The number of aromatic amines is 2. The molecule has 124 valence electrons. The maximum atomic E-state index is 11.9. The third-order valence-electron chi connectivity index (χ3n) is 3.97. The summed E-state index contributed by atoms with van der Waals surface area (Å²) in [7, 11) is -3.18. The van der Waals surface area contributed by atoms with Crippen molar-refractivity contribution in [2.24, 2.45) is 5.92 Å². The average molecular weight is 330 g/mol. The van der Waals surface area contributed by atoms with Crippen LogP contribution < -0.4 is 10.9 Å². The molecule has 1 aromatic heterocycles. The molecule has 0 saturated carbocycles. The van der Waals surface area contributed by atoms with Crippen molar-refractivity contribution in [3.63, 3.8) is 0 Å². The van der Waals surface area contributed by atoms with E-state index in [0.717, 1.165) is 12.8 Å². The lowest BCUT2D eigenvalue weighted by molar-refractivity contribution is -0.120. The maximum Gasteiger partial charge on any atom is 0.267 e. The lowest BCUT2D eigenvalue weighted by Gasteiger charge is -2.30. The summed E-state index contributed by atoms with van der Waals surface area (Å²) in [5.74, 6) is -0.122. The van der Waals surface area contributed by atoms with E-state index in [1.807, 2.05) is 0 Å². The highest BCUT2D eigenvalue weighted by molar-refractivity contribution is 7.88. The van der Waals surface area contributed by atoms with E-state index in [9.17, 15) is 18.0 Å². The number of hydrogen-bond acceptors (Lipinski definition) is 4. The summed E-state index contributed by atoms with van der Waals surface area (Å²) >= 11 is 0. The van der Waals surface area contributed by atoms with E-state index in [-0.39, 0.29) is 23.8 Å². The van der Waals surface area contributed by atoms with Gasteiger partial charge in [0.1, 0.15) is 0 Å². The summed E-state index contributed by atoms with van der Waals surface area (Å²) in [5, 5.41) is 7.91. The molecule has 0 spiro atoms. The smallest absolute Gasteiger partial charge is 0.267 e. The van der Waals surface area contributed by atoms with Crippen molar-refractivity contribution in [1.82, 2.24) is 19.8 Å². The zero-order chi connectivity index (χ0) is 16.3. The van der Waals surface area contributed by atoms with Gasteiger partial charge in [-0.15, -0.1) is 0 Å². The molecule has 1 aliphatic heterocycles. The van der Waals surface area contributed by atoms with Crippen molar-refractivity contribution in [1.29, 1.82) is 0 Å². The third-order valence-corrected chi connectivity index (χ3v) is 5.24. The van der Waals surface area contributed by atoms with Crippen molar-refractivity contribution in [2.75, 3.05) is 25.9 Å². The lowest BCUT2D eigenvalue weighted by atomic mass is 9.99. The van der Waals surface area contributed by atoms with Gasteiger partial charge in [0.15, 0.2) is 0 Å². The number of aryl methyl sites for hydroxylation is 1. The summed E-state index contributed by atoms with van der Waals surface area (Å²) in [6.07, 6.45) is 2.91. The SMILES string of the molecule is Cc1[nH][nH]c(=O)c1CC(=O)NC[C@H]1CCCN(S(C)(=O)=O)C1. The van der Waals surface area contributed by atoms with Gasteiger partial charge < -0.3 is 10.4 Å². The topological polar surface area (TPSA) is 115 Å². The second kappa shape index (κ2) is 6.66. The molecule has 0 unspecified atom stereocenters. The first-order chi connectivity index (χ1) is 10.3. The summed E-state index contributed by atoms with van der Waals surface area (Å²) in [6.45, 7) is 3.13. The number of nitrogens with one attached hydrogen (secondary N) is 3. The van der Waals surface area contributed by atoms with Gasteiger partial charge in [0.05, 0.1) is 12.7 Å². The molecule has 1 saturated heterocycles. The predicted molar refractivity (Wildman–Crippen MR) is 82.0 cm³/mol. The Bertz CT molecular complexity index is 691. The minimum atomic E-state index is -3.18. The van der Waals surface area contributed by atoms with Gasteiger partial charge in [-0.1, -0.05) is 0 Å². The van der Waals surface area contributed by atoms with Crippen LogP contribution in [0.15, 0.2) is 4.79 Å². The van der Waals surface area contributed by atoms with Gasteiger partial charge in [-0.2, -0.15) is 0 Å². The van der Waals surface area contributed by atoms with Crippen LogP contribution in [0.25, 0.3) is 0 Å². The van der Waals surface area contributed by atoms with Gasteiger partial charge in [0.2, 0.25) is 15.9 Å².